The molecule has 36 heavy (non-hydrogen) atoms. The molecule has 0 atom stereocenters. The van der Waals surface area contributed by atoms with Gasteiger partial charge in [-0.25, -0.2) is 4.39 Å². The standard InChI is InChI=1S/C25H15FN6O3S/c26-15-5-7-16(8-6-15)28-19(33)13-31-18-4-2-1-3-17(18)20(23(31)34)21-24(35)32-25(36-21)29-22(30-32)14-9-11-27-12-10-14/h1-12H,13H2,(H,28,33)/b21-20-. The van der Waals surface area contributed by atoms with Crippen LogP contribution in [-0.2, 0) is 9.59 Å². The van der Waals surface area contributed by atoms with Crippen LogP contribution in [0.2, 0.25) is 0 Å². The Morgan fingerprint density at radius 3 is 2.50 bits per heavy atom. The van der Waals surface area contributed by atoms with E-state index in [4.69, 9.17) is 0 Å². The molecule has 0 saturated carbocycles. The molecule has 0 bridgehead atoms. The van der Waals surface area contributed by atoms with Crippen molar-refractivity contribution in [3.8, 4) is 11.4 Å². The third-order valence-corrected chi connectivity index (χ3v) is 6.71. The Bertz CT molecular complexity index is 1770. The van der Waals surface area contributed by atoms with Gasteiger partial charge in [0.1, 0.15) is 16.9 Å². The SMILES string of the molecule is O=C(CN1C(=O)/C(=c2\sc3nc(-c4ccncc4)nn3c2=O)c2ccccc21)Nc1ccc(F)cc1. The summed E-state index contributed by atoms with van der Waals surface area (Å²) in [5, 5.41) is 6.98. The molecule has 0 radical (unpaired) electrons. The van der Waals surface area contributed by atoms with Gasteiger partial charge < -0.3 is 5.32 Å². The number of hydrogen-bond donors (Lipinski definition) is 1. The summed E-state index contributed by atoms with van der Waals surface area (Å²) < 4.78 is 14.5. The van der Waals surface area contributed by atoms with Crippen LogP contribution in [0.25, 0.3) is 21.9 Å². The Morgan fingerprint density at radius 1 is 1.00 bits per heavy atom. The van der Waals surface area contributed by atoms with Gasteiger partial charge in [0.25, 0.3) is 11.5 Å². The number of aromatic nitrogens is 4. The predicted octanol–water partition coefficient (Wildman–Crippen LogP) is 2.26. The van der Waals surface area contributed by atoms with Gasteiger partial charge in [-0.05, 0) is 42.5 Å². The molecule has 2 amide bonds. The number of nitrogens with one attached hydrogen (secondary N) is 1. The first-order valence-electron chi connectivity index (χ1n) is 10.8. The summed E-state index contributed by atoms with van der Waals surface area (Å²) in [5.74, 6) is -0.969. The fourth-order valence-electron chi connectivity index (χ4n) is 4.04. The summed E-state index contributed by atoms with van der Waals surface area (Å²) in [6, 6.07) is 15.8. The van der Waals surface area contributed by atoms with Crippen molar-refractivity contribution in [2.45, 2.75) is 0 Å². The Morgan fingerprint density at radius 2 is 1.75 bits per heavy atom. The number of carbonyl (C=O) groups is 2. The van der Waals surface area contributed by atoms with Gasteiger partial charge in [0.2, 0.25) is 10.9 Å². The minimum atomic E-state index is -0.471. The van der Waals surface area contributed by atoms with Crippen LogP contribution in [0.1, 0.15) is 5.56 Å². The van der Waals surface area contributed by atoms with Gasteiger partial charge in [-0.15, -0.1) is 5.10 Å². The quantitative estimate of drug-likeness (QED) is 0.407. The highest BCUT2D eigenvalue weighted by atomic mass is 32.1. The molecule has 0 aliphatic carbocycles. The zero-order valence-corrected chi connectivity index (χ0v) is 19.2. The van der Waals surface area contributed by atoms with E-state index < -0.39 is 23.2 Å². The number of nitrogens with zero attached hydrogens (tertiary/aromatic N) is 5. The fraction of sp³-hybridized carbons (Fsp3) is 0.0400. The lowest BCUT2D eigenvalue weighted by Crippen LogP contribution is -2.37. The lowest BCUT2D eigenvalue weighted by Gasteiger charge is -2.16. The van der Waals surface area contributed by atoms with Crippen LogP contribution in [0.5, 0.6) is 0 Å². The Labute approximate surface area is 206 Å². The molecule has 5 aromatic rings. The molecule has 2 aromatic carbocycles. The van der Waals surface area contributed by atoms with Crippen LogP contribution in [0.3, 0.4) is 0 Å². The van der Waals surface area contributed by atoms with Crippen molar-refractivity contribution in [3.05, 3.63) is 99.3 Å². The largest absolute Gasteiger partial charge is 0.325 e. The van der Waals surface area contributed by atoms with E-state index in [2.05, 4.69) is 20.4 Å². The van der Waals surface area contributed by atoms with Crippen molar-refractivity contribution in [1.29, 1.82) is 0 Å². The van der Waals surface area contributed by atoms with Crippen LogP contribution in [0, 0.1) is 5.82 Å². The lowest BCUT2D eigenvalue weighted by atomic mass is 10.1. The van der Waals surface area contributed by atoms with Gasteiger partial charge >= 0.3 is 0 Å². The van der Waals surface area contributed by atoms with Crippen molar-refractivity contribution in [3.63, 3.8) is 0 Å². The maximum absolute atomic E-state index is 13.5. The zero-order chi connectivity index (χ0) is 24.8. The second kappa shape index (κ2) is 8.47. The van der Waals surface area contributed by atoms with Crippen molar-refractivity contribution in [2.24, 2.45) is 0 Å². The monoisotopic (exact) mass is 498 g/mol. The third-order valence-electron chi connectivity index (χ3n) is 5.68. The molecule has 4 heterocycles. The summed E-state index contributed by atoms with van der Waals surface area (Å²) in [6.07, 6.45) is 3.22. The number of hydrogen-bond acceptors (Lipinski definition) is 7. The first-order valence-corrected chi connectivity index (χ1v) is 11.6. The summed E-state index contributed by atoms with van der Waals surface area (Å²) in [4.78, 5) is 49.6. The molecule has 6 rings (SSSR count). The van der Waals surface area contributed by atoms with Crippen molar-refractivity contribution >= 4 is 45.1 Å². The molecular formula is C25H15FN6O3S. The predicted molar refractivity (Wildman–Crippen MR) is 132 cm³/mol. The average Bonchev–Trinajstić information content (AvgIpc) is 3.52. The number of halogens is 1. The van der Waals surface area contributed by atoms with Crippen molar-refractivity contribution < 1.29 is 14.0 Å². The van der Waals surface area contributed by atoms with Gasteiger partial charge in [0, 0.05) is 29.2 Å². The minimum Gasteiger partial charge on any atom is -0.325 e. The summed E-state index contributed by atoms with van der Waals surface area (Å²) in [7, 11) is 0. The highest BCUT2D eigenvalue weighted by Gasteiger charge is 2.35. The fourth-order valence-corrected chi connectivity index (χ4v) is 5.04. The van der Waals surface area contributed by atoms with E-state index in [9.17, 15) is 18.8 Å². The molecule has 176 valence electrons. The highest BCUT2D eigenvalue weighted by Crippen LogP contribution is 2.35. The number of rotatable bonds is 4. The summed E-state index contributed by atoms with van der Waals surface area (Å²) >= 11 is 1.07. The molecule has 1 aliphatic rings. The van der Waals surface area contributed by atoms with Gasteiger partial charge in [-0.3, -0.25) is 24.3 Å². The molecule has 0 saturated heterocycles. The molecule has 1 aliphatic heterocycles. The van der Waals surface area contributed by atoms with E-state index in [-0.39, 0.29) is 16.7 Å². The number of amides is 2. The number of carbonyl (C=O) groups excluding carboxylic acids is 2. The second-order valence-electron chi connectivity index (χ2n) is 7.94. The lowest BCUT2D eigenvalue weighted by molar-refractivity contribution is -0.118. The molecule has 11 heteroatoms. The van der Waals surface area contributed by atoms with E-state index in [0.717, 1.165) is 16.9 Å². The molecule has 3 aromatic heterocycles. The number of thiazole rings is 1. The normalized spacial score (nSPS) is 14.4. The van der Waals surface area contributed by atoms with E-state index >= 15 is 0 Å². The van der Waals surface area contributed by atoms with Gasteiger partial charge in [0.15, 0.2) is 5.82 Å². The Kier molecular flexibility index (Phi) is 5.11. The Hall–Kier alpha value is -4.77. The van der Waals surface area contributed by atoms with Crippen LogP contribution in [0.15, 0.2) is 77.9 Å². The molecule has 0 fully saturated rings. The van der Waals surface area contributed by atoms with Crippen LogP contribution in [-0.4, -0.2) is 37.9 Å². The smallest absolute Gasteiger partial charge is 0.291 e. The molecule has 1 N–H and O–H groups in total. The summed E-state index contributed by atoms with van der Waals surface area (Å²) in [6.45, 7) is -0.280. The van der Waals surface area contributed by atoms with Crippen LogP contribution < -0.4 is 20.3 Å². The first kappa shape index (κ1) is 21.7. The van der Waals surface area contributed by atoms with Crippen LogP contribution in [0.4, 0.5) is 15.8 Å². The van der Waals surface area contributed by atoms with Gasteiger partial charge in [0.05, 0.1) is 11.3 Å². The number of anilines is 2. The first-order chi connectivity index (χ1) is 17.5. The topological polar surface area (TPSA) is 110 Å². The number of para-hydroxylation sites is 1. The molecule has 0 spiro atoms. The molecule has 9 nitrogen and oxygen atoms in total. The Balaban J connectivity index is 1.39. The molecule has 0 unspecified atom stereocenters. The maximum Gasteiger partial charge on any atom is 0.291 e. The molecular weight excluding hydrogens is 483 g/mol. The van der Waals surface area contributed by atoms with E-state index in [1.165, 1.54) is 33.7 Å². The third kappa shape index (κ3) is 3.62. The number of pyridine rings is 1. The van der Waals surface area contributed by atoms with Crippen molar-refractivity contribution in [2.75, 3.05) is 16.8 Å². The van der Waals surface area contributed by atoms with E-state index in [1.54, 1.807) is 48.8 Å². The van der Waals surface area contributed by atoms with Gasteiger partial charge in [-0.1, -0.05) is 29.5 Å². The van der Waals surface area contributed by atoms with E-state index in [1.807, 2.05) is 0 Å². The van der Waals surface area contributed by atoms with Crippen LogP contribution >= 0.6 is 11.3 Å². The number of fused-ring (bicyclic) bond motifs is 2. The highest BCUT2D eigenvalue weighted by molar-refractivity contribution is 7.15. The minimum absolute atomic E-state index is 0.199. The van der Waals surface area contributed by atoms with Gasteiger partial charge in [-0.2, -0.15) is 9.50 Å². The average molecular weight is 498 g/mol. The van der Waals surface area contributed by atoms with E-state index in [0.29, 0.717) is 27.7 Å². The summed E-state index contributed by atoms with van der Waals surface area (Å²) in [5.41, 5.74) is 1.93. The maximum atomic E-state index is 13.5. The number of benzene rings is 2. The zero-order valence-electron chi connectivity index (χ0n) is 18.4. The second-order valence-corrected chi connectivity index (χ2v) is 8.92. The van der Waals surface area contributed by atoms with Crippen molar-refractivity contribution in [1.82, 2.24) is 19.6 Å².